The Bertz CT molecular complexity index is 683. The van der Waals surface area contributed by atoms with Crippen molar-refractivity contribution in [1.29, 1.82) is 0 Å². The second-order valence-electron chi connectivity index (χ2n) is 5.04. The smallest absolute Gasteiger partial charge is 0.0494 e. The Morgan fingerprint density at radius 2 is 1.62 bits per heavy atom. The topological polar surface area (TPSA) is 12.0 Å². The lowest BCUT2D eigenvalue weighted by atomic mass is 10.1. The minimum atomic E-state index is 0.878. The van der Waals surface area contributed by atoms with Crippen molar-refractivity contribution in [1.82, 2.24) is 0 Å². The van der Waals surface area contributed by atoms with Gasteiger partial charge < -0.3 is 5.32 Å². The molecule has 0 saturated carbocycles. The Morgan fingerprint density at radius 1 is 0.857 bits per heavy atom. The van der Waals surface area contributed by atoms with E-state index in [2.05, 4.69) is 79.0 Å². The van der Waals surface area contributed by atoms with Gasteiger partial charge in [-0.2, -0.15) is 0 Å². The molecule has 1 aromatic heterocycles. The second-order valence-corrected chi connectivity index (χ2v) is 6.20. The number of hydrogen-bond donors (Lipinski definition) is 1. The van der Waals surface area contributed by atoms with Crippen LogP contribution in [0, 0.1) is 0 Å². The molecule has 3 rings (SSSR count). The van der Waals surface area contributed by atoms with E-state index in [0.717, 1.165) is 13.0 Å². The Labute approximate surface area is 130 Å². The summed E-state index contributed by atoms with van der Waals surface area (Å²) >= 11 is 1.85. The highest BCUT2D eigenvalue weighted by atomic mass is 32.1. The SMILES string of the molecule is CCc1ccc(NCc2ccc(-c3ccccc3)s2)cc1. The maximum absolute atomic E-state index is 3.49. The van der Waals surface area contributed by atoms with E-state index in [0.29, 0.717) is 0 Å². The molecule has 106 valence electrons. The van der Waals surface area contributed by atoms with Crippen LogP contribution < -0.4 is 5.32 Å². The molecule has 0 aliphatic rings. The Morgan fingerprint density at radius 3 is 2.33 bits per heavy atom. The van der Waals surface area contributed by atoms with Crippen molar-refractivity contribution in [2.24, 2.45) is 0 Å². The molecule has 0 spiro atoms. The van der Waals surface area contributed by atoms with Gasteiger partial charge in [-0.1, -0.05) is 49.4 Å². The number of anilines is 1. The minimum absolute atomic E-state index is 0.878. The van der Waals surface area contributed by atoms with Gasteiger partial charge in [-0.15, -0.1) is 11.3 Å². The van der Waals surface area contributed by atoms with Crippen LogP contribution in [0.4, 0.5) is 5.69 Å². The summed E-state index contributed by atoms with van der Waals surface area (Å²) in [5.74, 6) is 0. The Balaban J connectivity index is 1.64. The highest BCUT2D eigenvalue weighted by Gasteiger charge is 2.02. The zero-order chi connectivity index (χ0) is 14.5. The minimum Gasteiger partial charge on any atom is -0.380 e. The lowest BCUT2D eigenvalue weighted by molar-refractivity contribution is 1.13. The number of benzene rings is 2. The number of rotatable bonds is 5. The van der Waals surface area contributed by atoms with E-state index in [1.165, 1.54) is 26.6 Å². The maximum atomic E-state index is 3.49. The van der Waals surface area contributed by atoms with Crippen LogP contribution in [-0.4, -0.2) is 0 Å². The van der Waals surface area contributed by atoms with Crippen molar-refractivity contribution in [3.05, 3.63) is 77.2 Å². The summed E-state index contributed by atoms with van der Waals surface area (Å²) in [7, 11) is 0. The Kier molecular flexibility index (Phi) is 4.37. The molecule has 0 amide bonds. The first kappa shape index (κ1) is 13.9. The normalized spacial score (nSPS) is 10.5. The molecule has 0 aliphatic heterocycles. The van der Waals surface area contributed by atoms with Crippen molar-refractivity contribution >= 4 is 17.0 Å². The van der Waals surface area contributed by atoms with Crippen molar-refractivity contribution in [2.45, 2.75) is 19.9 Å². The zero-order valence-electron chi connectivity index (χ0n) is 12.2. The van der Waals surface area contributed by atoms with E-state index in [-0.39, 0.29) is 0 Å². The molecule has 21 heavy (non-hydrogen) atoms. The molecular weight excluding hydrogens is 274 g/mol. The number of aryl methyl sites for hydroxylation is 1. The number of nitrogens with one attached hydrogen (secondary N) is 1. The molecule has 0 atom stereocenters. The predicted octanol–water partition coefficient (Wildman–Crippen LogP) is 5.59. The lowest BCUT2D eigenvalue weighted by Gasteiger charge is -2.05. The lowest BCUT2D eigenvalue weighted by Crippen LogP contribution is -1.97. The van der Waals surface area contributed by atoms with Gasteiger partial charge in [0.2, 0.25) is 0 Å². The van der Waals surface area contributed by atoms with Gasteiger partial charge in [0.05, 0.1) is 0 Å². The van der Waals surface area contributed by atoms with Gasteiger partial charge in [0.1, 0.15) is 0 Å². The molecular formula is C19H19NS. The molecule has 2 aromatic carbocycles. The third kappa shape index (κ3) is 3.53. The molecule has 0 aliphatic carbocycles. The molecule has 3 aromatic rings. The molecule has 0 unspecified atom stereocenters. The largest absolute Gasteiger partial charge is 0.380 e. The molecule has 0 saturated heterocycles. The van der Waals surface area contributed by atoms with Gasteiger partial charge in [-0.3, -0.25) is 0 Å². The van der Waals surface area contributed by atoms with E-state index in [9.17, 15) is 0 Å². The van der Waals surface area contributed by atoms with E-state index in [1.54, 1.807) is 0 Å². The molecule has 1 heterocycles. The van der Waals surface area contributed by atoms with E-state index in [1.807, 2.05) is 11.3 Å². The monoisotopic (exact) mass is 293 g/mol. The summed E-state index contributed by atoms with van der Waals surface area (Å²) in [6, 6.07) is 23.6. The average molecular weight is 293 g/mol. The highest BCUT2D eigenvalue weighted by Crippen LogP contribution is 2.28. The van der Waals surface area contributed by atoms with Crippen molar-refractivity contribution in [3.8, 4) is 10.4 Å². The summed E-state index contributed by atoms with van der Waals surface area (Å²) < 4.78 is 0. The van der Waals surface area contributed by atoms with Crippen molar-refractivity contribution < 1.29 is 0 Å². The van der Waals surface area contributed by atoms with Crippen LogP contribution in [0.2, 0.25) is 0 Å². The first-order valence-electron chi connectivity index (χ1n) is 7.32. The van der Waals surface area contributed by atoms with E-state index in [4.69, 9.17) is 0 Å². The first-order chi connectivity index (χ1) is 10.3. The van der Waals surface area contributed by atoms with Crippen LogP contribution >= 0.6 is 11.3 Å². The summed E-state index contributed by atoms with van der Waals surface area (Å²) in [6.45, 7) is 3.06. The van der Waals surface area contributed by atoms with Gasteiger partial charge in [0.25, 0.3) is 0 Å². The third-order valence-corrected chi connectivity index (χ3v) is 4.68. The molecule has 0 bridgehead atoms. The number of hydrogen-bond acceptors (Lipinski definition) is 2. The second kappa shape index (κ2) is 6.59. The van der Waals surface area contributed by atoms with Gasteiger partial charge >= 0.3 is 0 Å². The molecule has 0 fully saturated rings. The summed E-state index contributed by atoms with van der Waals surface area (Å²) in [4.78, 5) is 2.68. The molecule has 1 N–H and O–H groups in total. The summed E-state index contributed by atoms with van der Waals surface area (Å²) in [6.07, 6.45) is 1.09. The van der Waals surface area contributed by atoms with Crippen LogP contribution in [0.1, 0.15) is 17.4 Å². The fourth-order valence-corrected chi connectivity index (χ4v) is 3.23. The van der Waals surface area contributed by atoms with Gasteiger partial charge in [0, 0.05) is 22.0 Å². The Hall–Kier alpha value is -2.06. The van der Waals surface area contributed by atoms with E-state index < -0.39 is 0 Å². The van der Waals surface area contributed by atoms with Crippen molar-refractivity contribution in [2.75, 3.05) is 5.32 Å². The van der Waals surface area contributed by atoms with Gasteiger partial charge in [-0.25, -0.2) is 0 Å². The fraction of sp³-hybridized carbons (Fsp3) is 0.158. The summed E-state index contributed by atoms with van der Waals surface area (Å²) in [5.41, 5.74) is 3.85. The zero-order valence-corrected chi connectivity index (χ0v) is 13.0. The maximum Gasteiger partial charge on any atom is 0.0494 e. The van der Waals surface area contributed by atoms with E-state index >= 15 is 0 Å². The van der Waals surface area contributed by atoms with Crippen molar-refractivity contribution in [3.63, 3.8) is 0 Å². The van der Waals surface area contributed by atoms with Crippen LogP contribution in [0.25, 0.3) is 10.4 Å². The van der Waals surface area contributed by atoms with Crippen LogP contribution in [0.15, 0.2) is 66.7 Å². The van der Waals surface area contributed by atoms with Crippen LogP contribution in [-0.2, 0) is 13.0 Å². The van der Waals surface area contributed by atoms with Gasteiger partial charge in [0.15, 0.2) is 0 Å². The van der Waals surface area contributed by atoms with Gasteiger partial charge in [-0.05, 0) is 41.8 Å². The van der Waals surface area contributed by atoms with Crippen LogP contribution in [0.5, 0.6) is 0 Å². The highest BCUT2D eigenvalue weighted by molar-refractivity contribution is 7.15. The number of thiophene rings is 1. The third-order valence-electron chi connectivity index (χ3n) is 3.55. The molecule has 0 radical (unpaired) electrons. The van der Waals surface area contributed by atoms with Crippen LogP contribution in [0.3, 0.4) is 0 Å². The standard InChI is InChI=1S/C19H19NS/c1-2-15-8-10-17(11-9-15)20-14-18-12-13-19(21-18)16-6-4-3-5-7-16/h3-13,20H,2,14H2,1H3. The fourth-order valence-electron chi connectivity index (χ4n) is 2.28. The molecule has 2 heteroatoms. The first-order valence-corrected chi connectivity index (χ1v) is 8.14. The molecule has 1 nitrogen and oxygen atoms in total. The summed E-state index contributed by atoms with van der Waals surface area (Å²) in [5, 5.41) is 3.49. The predicted molar refractivity (Wildman–Crippen MR) is 92.9 cm³/mol. The average Bonchev–Trinajstić information content (AvgIpc) is 3.03. The quantitative estimate of drug-likeness (QED) is 0.646.